The first-order valence-electron chi connectivity index (χ1n) is 8.37. The molecular formula is C23H20N2O2. The molecule has 0 aromatic heterocycles. The Hall–Kier alpha value is -3.76. The Kier molecular flexibility index (Phi) is 6.99. The number of benzene rings is 2. The number of carbonyl (C=O) groups excluding carboxylic acids is 1. The summed E-state index contributed by atoms with van der Waals surface area (Å²) < 4.78 is 5.51. The van der Waals surface area contributed by atoms with Gasteiger partial charge in [0.2, 0.25) is 0 Å². The third kappa shape index (κ3) is 5.63. The molecule has 0 saturated carbocycles. The third-order valence-electron chi connectivity index (χ3n) is 3.75. The van der Waals surface area contributed by atoms with Crippen LogP contribution in [0.3, 0.4) is 0 Å². The molecule has 1 amide bonds. The Morgan fingerprint density at radius 2 is 2.04 bits per heavy atom. The number of carbonyl (C=O) groups is 1. The maximum absolute atomic E-state index is 12.4. The molecule has 0 unspecified atom stereocenters. The van der Waals surface area contributed by atoms with Gasteiger partial charge >= 0.3 is 0 Å². The second-order valence-electron chi connectivity index (χ2n) is 5.84. The predicted molar refractivity (Wildman–Crippen MR) is 108 cm³/mol. The number of hydrogen-bond acceptors (Lipinski definition) is 3. The number of rotatable bonds is 7. The number of nitrogens with zero attached hydrogens (tertiary/aromatic N) is 1. The van der Waals surface area contributed by atoms with E-state index in [1.807, 2.05) is 31.2 Å². The van der Waals surface area contributed by atoms with Crippen molar-refractivity contribution in [3.05, 3.63) is 77.4 Å². The average molecular weight is 356 g/mol. The lowest BCUT2D eigenvalue weighted by Crippen LogP contribution is -2.13. The highest BCUT2D eigenvalue weighted by molar-refractivity contribution is 6.09. The second-order valence-corrected chi connectivity index (χ2v) is 5.84. The fourth-order valence-corrected chi connectivity index (χ4v) is 2.41. The molecule has 2 rings (SSSR count). The molecule has 0 aliphatic carbocycles. The molecule has 0 saturated heterocycles. The molecule has 134 valence electrons. The van der Waals surface area contributed by atoms with Crippen LogP contribution in [0, 0.1) is 30.6 Å². The molecule has 0 aliphatic heterocycles. The molecule has 0 aliphatic rings. The van der Waals surface area contributed by atoms with E-state index >= 15 is 0 Å². The fourth-order valence-electron chi connectivity index (χ4n) is 2.41. The van der Waals surface area contributed by atoms with Gasteiger partial charge in [0, 0.05) is 5.69 Å². The number of allylic oxidation sites excluding steroid dienone is 1. The van der Waals surface area contributed by atoms with Crippen molar-refractivity contribution in [2.24, 2.45) is 0 Å². The summed E-state index contributed by atoms with van der Waals surface area (Å²) >= 11 is 0. The first-order chi connectivity index (χ1) is 13.1. The Bertz CT molecular complexity index is 942. The van der Waals surface area contributed by atoms with Crippen LogP contribution in [-0.4, -0.2) is 12.5 Å². The lowest BCUT2D eigenvalue weighted by Gasteiger charge is -2.10. The molecule has 4 nitrogen and oxygen atoms in total. The molecule has 0 radical (unpaired) electrons. The van der Waals surface area contributed by atoms with Crippen LogP contribution in [-0.2, 0) is 11.2 Å². The maximum Gasteiger partial charge on any atom is 0.266 e. The van der Waals surface area contributed by atoms with Gasteiger partial charge in [-0.3, -0.25) is 4.79 Å². The van der Waals surface area contributed by atoms with Crippen molar-refractivity contribution < 1.29 is 9.53 Å². The highest BCUT2D eigenvalue weighted by Gasteiger charge is 2.10. The van der Waals surface area contributed by atoms with Gasteiger partial charge in [-0.1, -0.05) is 35.8 Å². The zero-order valence-corrected chi connectivity index (χ0v) is 15.2. The molecular weight excluding hydrogens is 336 g/mol. The smallest absolute Gasteiger partial charge is 0.266 e. The molecule has 0 spiro atoms. The summed E-state index contributed by atoms with van der Waals surface area (Å²) in [7, 11) is 0. The number of nitrogens with one attached hydrogen (secondary N) is 1. The molecule has 2 aromatic carbocycles. The Morgan fingerprint density at radius 3 is 2.67 bits per heavy atom. The summed E-state index contributed by atoms with van der Waals surface area (Å²) in [5, 5.41) is 12.1. The lowest BCUT2D eigenvalue weighted by atomic mass is 10.0. The quantitative estimate of drug-likeness (QED) is 0.349. The van der Waals surface area contributed by atoms with Crippen molar-refractivity contribution in [1.29, 1.82) is 5.26 Å². The molecule has 0 bridgehead atoms. The summed E-state index contributed by atoms with van der Waals surface area (Å²) in [6, 6.07) is 14.7. The van der Waals surface area contributed by atoms with Crippen LogP contribution < -0.4 is 10.1 Å². The first-order valence-corrected chi connectivity index (χ1v) is 8.37. The number of terminal acetylenes is 1. The van der Waals surface area contributed by atoms with Crippen molar-refractivity contribution in [2.45, 2.75) is 13.3 Å². The SMILES string of the molecule is C#CCOc1ccc(/C=C(/C#N)C(=O)Nc2ccc(C)cc2)cc1CC=C. The minimum atomic E-state index is -0.459. The van der Waals surface area contributed by atoms with Gasteiger partial charge in [-0.25, -0.2) is 0 Å². The minimum Gasteiger partial charge on any atom is -0.481 e. The van der Waals surface area contributed by atoms with E-state index in [2.05, 4.69) is 17.8 Å². The van der Waals surface area contributed by atoms with Crippen LogP contribution in [0.1, 0.15) is 16.7 Å². The van der Waals surface area contributed by atoms with Gasteiger partial charge in [0.15, 0.2) is 0 Å². The molecule has 0 fully saturated rings. The van der Waals surface area contributed by atoms with Crippen LogP contribution in [0.2, 0.25) is 0 Å². The van der Waals surface area contributed by atoms with Crippen molar-refractivity contribution >= 4 is 17.7 Å². The van der Waals surface area contributed by atoms with E-state index < -0.39 is 5.91 Å². The van der Waals surface area contributed by atoms with Crippen molar-refractivity contribution in [2.75, 3.05) is 11.9 Å². The Morgan fingerprint density at radius 1 is 1.30 bits per heavy atom. The topological polar surface area (TPSA) is 62.1 Å². The minimum absolute atomic E-state index is 0.0115. The van der Waals surface area contributed by atoms with E-state index in [-0.39, 0.29) is 12.2 Å². The van der Waals surface area contributed by atoms with E-state index in [9.17, 15) is 10.1 Å². The maximum atomic E-state index is 12.4. The number of anilines is 1. The van der Waals surface area contributed by atoms with Crippen molar-refractivity contribution in [1.82, 2.24) is 0 Å². The van der Waals surface area contributed by atoms with Crippen LogP contribution in [0.15, 0.2) is 60.7 Å². The van der Waals surface area contributed by atoms with Crippen LogP contribution in [0.4, 0.5) is 5.69 Å². The molecule has 4 heteroatoms. The summed E-state index contributed by atoms with van der Waals surface area (Å²) in [4.78, 5) is 12.4. The monoisotopic (exact) mass is 356 g/mol. The number of ether oxygens (including phenoxy) is 1. The van der Waals surface area contributed by atoms with Crippen molar-refractivity contribution in [3.8, 4) is 24.2 Å². The van der Waals surface area contributed by atoms with E-state index in [0.717, 1.165) is 16.7 Å². The van der Waals surface area contributed by atoms with Crippen LogP contribution in [0.5, 0.6) is 5.75 Å². The molecule has 27 heavy (non-hydrogen) atoms. The third-order valence-corrected chi connectivity index (χ3v) is 3.75. The van der Waals surface area contributed by atoms with Gasteiger partial charge in [-0.15, -0.1) is 13.0 Å². The second kappa shape index (κ2) is 9.65. The van der Waals surface area contributed by atoms with E-state index in [4.69, 9.17) is 11.2 Å². The zero-order valence-electron chi connectivity index (χ0n) is 15.2. The fraction of sp³-hybridized carbons (Fsp3) is 0.130. The van der Waals surface area contributed by atoms with Crippen molar-refractivity contribution in [3.63, 3.8) is 0 Å². The normalized spacial score (nSPS) is 10.4. The number of hydrogen-bond donors (Lipinski definition) is 1. The van der Waals surface area contributed by atoms with E-state index in [0.29, 0.717) is 17.9 Å². The van der Waals surface area contributed by atoms with Crippen LogP contribution in [0.25, 0.3) is 6.08 Å². The van der Waals surface area contributed by atoms with Gasteiger partial charge < -0.3 is 10.1 Å². The highest BCUT2D eigenvalue weighted by atomic mass is 16.5. The first kappa shape index (κ1) is 19.6. The Labute approximate surface area is 159 Å². The predicted octanol–water partition coefficient (Wildman–Crippen LogP) is 4.28. The summed E-state index contributed by atoms with van der Waals surface area (Å²) in [6.07, 6.45) is 9.11. The Balaban J connectivity index is 2.25. The van der Waals surface area contributed by atoms with Gasteiger partial charge in [0.25, 0.3) is 5.91 Å². The lowest BCUT2D eigenvalue weighted by molar-refractivity contribution is -0.112. The van der Waals surface area contributed by atoms with E-state index in [1.165, 1.54) is 0 Å². The zero-order chi connectivity index (χ0) is 19.6. The highest BCUT2D eigenvalue weighted by Crippen LogP contribution is 2.23. The van der Waals surface area contributed by atoms with Gasteiger partial charge in [0.1, 0.15) is 24.0 Å². The number of amides is 1. The summed E-state index contributed by atoms with van der Waals surface area (Å²) in [5.74, 6) is 2.63. The molecule has 0 heterocycles. The van der Waals surface area contributed by atoms with Crippen LogP contribution >= 0.6 is 0 Å². The molecule has 1 N–H and O–H groups in total. The number of nitriles is 1. The summed E-state index contributed by atoms with van der Waals surface area (Å²) in [5.41, 5.74) is 3.33. The molecule has 0 atom stereocenters. The van der Waals surface area contributed by atoms with Gasteiger partial charge in [0.05, 0.1) is 0 Å². The molecule has 2 aromatic rings. The largest absolute Gasteiger partial charge is 0.481 e. The van der Waals surface area contributed by atoms with Gasteiger partial charge in [-0.05, 0) is 54.8 Å². The standard InChI is InChI=1S/C23H20N2O2/c1-4-6-19-14-18(9-12-22(19)27-13-5-2)15-20(16-24)23(26)25-21-10-7-17(3)8-11-21/h2,4,7-12,14-15H,1,6,13H2,3H3,(H,25,26)/b20-15-. The number of aryl methyl sites for hydroxylation is 1. The summed E-state index contributed by atoms with van der Waals surface area (Å²) in [6.45, 7) is 5.87. The van der Waals surface area contributed by atoms with E-state index in [1.54, 1.807) is 36.4 Å². The van der Waals surface area contributed by atoms with Gasteiger partial charge in [-0.2, -0.15) is 5.26 Å². The average Bonchev–Trinajstić information content (AvgIpc) is 2.67.